The normalized spacial score (nSPS) is 29.6. The van der Waals surface area contributed by atoms with Crippen LogP contribution in [0.4, 0.5) is 0 Å². The molecular weight excluding hydrogens is 290 g/mol. The molecule has 1 saturated carbocycles. The van der Waals surface area contributed by atoms with E-state index >= 15 is 0 Å². The zero-order chi connectivity index (χ0) is 15.0. The van der Waals surface area contributed by atoms with E-state index in [0.717, 1.165) is 12.3 Å². The zero-order valence-electron chi connectivity index (χ0n) is 13.9. The number of hydrogen-bond acceptors (Lipinski definition) is 3. The van der Waals surface area contributed by atoms with Gasteiger partial charge in [-0.3, -0.25) is 0 Å². The van der Waals surface area contributed by atoms with Gasteiger partial charge in [-0.2, -0.15) is 0 Å². The molecule has 1 aromatic heterocycles. The van der Waals surface area contributed by atoms with E-state index in [9.17, 15) is 0 Å². The second-order valence-electron chi connectivity index (χ2n) is 7.69. The van der Waals surface area contributed by atoms with E-state index < -0.39 is 0 Å². The molecule has 3 heteroatoms. The maximum absolute atomic E-state index is 6.52. The van der Waals surface area contributed by atoms with Crippen LogP contribution in [-0.2, 0) is 16.8 Å². The number of likely N-dealkylation sites (tertiary alicyclic amines) is 1. The first-order chi connectivity index (χ1) is 10.8. The third-order valence-corrected chi connectivity index (χ3v) is 6.98. The molecule has 1 atom stereocenters. The highest BCUT2D eigenvalue weighted by atomic mass is 32.1. The smallest absolute Gasteiger partial charge is 0.0970 e. The second kappa shape index (κ2) is 6.26. The van der Waals surface area contributed by atoms with Crippen LogP contribution in [0.15, 0.2) is 11.4 Å². The van der Waals surface area contributed by atoms with Gasteiger partial charge >= 0.3 is 0 Å². The quantitative estimate of drug-likeness (QED) is 0.791. The minimum absolute atomic E-state index is 0.0378. The number of ether oxygens (including phenoxy) is 1. The Morgan fingerprint density at radius 1 is 1.23 bits per heavy atom. The lowest BCUT2D eigenvalue weighted by molar-refractivity contribution is -0.133. The minimum atomic E-state index is 0.0378. The predicted molar refractivity (Wildman–Crippen MR) is 92.5 cm³/mol. The lowest BCUT2D eigenvalue weighted by atomic mass is 9.81. The van der Waals surface area contributed by atoms with E-state index in [4.69, 9.17) is 4.74 Å². The van der Waals surface area contributed by atoms with Gasteiger partial charge in [-0.05, 0) is 55.5 Å². The zero-order valence-corrected chi connectivity index (χ0v) is 14.7. The van der Waals surface area contributed by atoms with Crippen molar-refractivity contribution < 1.29 is 4.74 Å². The molecule has 0 radical (unpaired) electrons. The van der Waals surface area contributed by atoms with E-state index in [1.807, 2.05) is 11.3 Å². The summed E-state index contributed by atoms with van der Waals surface area (Å²) in [6.07, 6.45) is 11.2. The lowest BCUT2D eigenvalue weighted by Gasteiger charge is -2.46. The molecule has 22 heavy (non-hydrogen) atoms. The van der Waals surface area contributed by atoms with Crippen molar-refractivity contribution in [3.05, 3.63) is 21.9 Å². The van der Waals surface area contributed by atoms with Crippen LogP contribution in [0.25, 0.3) is 0 Å². The van der Waals surface area contributed by atoms with Crippen molar-refractivity contribution in [1.29, 1.82) is 0 Å². The molecule has 1 spiro atoms. The van der Waals surface area contributed by atoms with Crippen molar-refractivity contribution in [1.82, 2.24) is 4.90 Å². The number of thiophene rings is 1. The van der Waals surface area contributed by atoms with Crippen LogP contribution in [0.2, 0.25) is 0 Å². The van der Waals surface area contributed by atoms with Gasteiger partial charge in [0.25, 0.3) is 0 Å². The first-order valence-corrected chi connectivity index (χ1v) is 10.1. The Hall–Kier alpha value is -0.380. The highest BCUT2D eigenvalue weighted by Gasteiger charge is 2.43. The highest BCUT2D eigenvalue weighted by molar-refractivity contribution is 7.10. The third-order valence-electron chi connectivity index (χ3n) is 6.04. The van der Waals surface area contributed by atoms with Crippen LogP contribution in [0.3, 0.4) is 0 Å². The molecule has 2 fully saturated rings. The summed E-state index contributed by atoms with van der Waals surface area (Å²) in [5, 5.41) is 2.27. The molecule has 122 valence electrons. The summed E-state index contributed by atoms with van der Waals surface area (Å²) in [5.41, 5.74) is 1.56. The molecule has 1 saturated heterocycles. The summed E-state index contributed by atoms with van der Waals surface area (Å²) in [4.78, 5) is 4.30. The Bertz CT molecular complexity index is 497. The molecule has 1 aliphatic carbocycles. The van der Waals surface area contributed by atoms with Gasteiger partial charge in [0, 0.05) is 30.9 Å². The number of nitrogens with zero attached hydrogens (tertiary/aromatic N) is 1. The predicted octanol–water partition coefficient (Wildman–Crippen LogP) is 4.58. The van der Waals surface area contributed by atoms with E-state index in [1.165, 1.54) is 70.1 Å². The average molecular weight is 320 g/mol. The van der Waals surface area contributed by atoms with E-state index in [1.54, 1.807) is 4.88 Å². The molecule has 0 aromatic carbocycles. The molecule has 0 amide bonds. The molecule has 3 aliphatic rings. The summed E-state index contributed by atoms with van der Waals surface area (Å²) in [6, 6.07) is 2.34. The molecular formula is C19H29NOS. The van der Waals surface area contributed by atoms with Crippen LogP contribution in [-0.4, -0.2) is 30.6 Å². The van der Waals surface area contributed by atoms with Gasteiger partial charge in [-0.15, -0.1) is 11.3 Å². The van der Waals surface area contributed by atoms with Gasteiger partial charge in [0.2, 0.25) is 0 Å². The molecule has 0 bridgehead atoms. The number of rotatable bonds is 2. The van der Waals surface area contributed by atoms with Gasteiger partial charge < -0.3 is 9.64 Å². The molecule has 1 unspecified atom stereocenters. The molecule has 3 heterocycles. The van der Waals surface area contributed by atoms with E-state index in [-0.39, 0.29) is 5.60 Å². The van der Waals surface area contributed by atoms with Crippen molar-refractivity contribution in [3.8, 4) is 0 Å². The Morgan fingerprint density at radius 3 is 2.77 bits per heavy atom. The Labute approximate surface area is 138 Å². The first-order valence-electron chi connectivity index (χ1n) is 9.22. The first kappa shape index (κ1) is 15.2. The molecule has 2 nitrogen and oxygen atoms in total. The van der Waals surface area contributed by atoms with Crippen LogP contribution in [0.1, 0.15) is 62.3 Å². The van der Waals surface area contributed by atoms with Gasteiger partial charge in [0.05, 0.1) is 11.7 Å². The van der Waals surface area contributed by atoms with Gasteiger partial charge in [-0.1, -0.05) is 19.3 Å². The number of piperidine rings is 1. The van der Waals surface area contributed by atoms with Crippen LogP contribution < -0.4 is 0 Å². The second-order valence-corrected chi connectivity index (χ2v) is 8.69. The summed E-state index contributed by atoms with van der Waals surface area (Å²) in [6.45, 7) is 6.03. The van der Waals surface area contributed by atoms with Crippen LogP contribution >= 0.6 is 11.3 Å². The number of fused-ring (bicyclic) bond motifs is 2. The highest BCUT2D eigenvalue weighted by Crippen LogP contribution is 2.45. The monoisotopic (exact) mass is 319 g/mol. The molecule has 1 aromatic rings. The SMILES string of the molecule is CC1Cc2sccc2C2(CCN(CC3CCCCC3)CC2)O1. The van der Waals surface area contributed by atoms with Gasteiger partial charge in [-0.25, -0.2) is 0 Å². The Morgan fingerprint density at radius 2 is 2.00 bits per heavy atom. The minimum Gasteiger partial charge on any atom is -0.367 e. The summed E-state index contributed by atoms with van der Waals surface area (Å²) >= 11 is 1.93. The molecule has 0 N–H and O–H groups in total. The standard InChI is InChI=1S/C19H29NOS/c1-15-13-18-17(7-12-22-18)19(21-15)8-10-20(11-9-19)14-16-5-3-2-4-6-16/h7,12,15-16H,2-6,8-11,13-14H2,1H3. The fourth-order valence-corrected chi connectivity index (χ4v) is 5.96. The maximum Gasteiger partial charge on any atom is 0.0970 e. The summed E-state index contributed by atoms with van der Waals surface area (Å²) in [5.74, 6) is 0.964. The average Bonchev–Trinajstić information content (AvgIpc) is 3.00. The van der Waals surface area contributed by atoms with Crippen molar-refractivity contribution in [3.63, 3.8) is 0 Å². The Balaban J connectivity index is 1.41. The number of hydrogen-bond donors (Lipinski definition) is 0. The largest absolute Gasteiger partial charge is 0.367 e. The van der Waals surface area contributed by atoms with Crippen molar-refractivity contribution in [2.45, 2.75) is 70.0 Å². The summed E-state index contributed by atoms with van der Waals surface area (Å²) < 4.78 is 6.52. The Kier molecular flexibility index (Phi) is 4.31. The van der Waals surface area contributed by atoms with E-state index in [0.29, 0.717) is 6.10 Å². The fourth-order valence-electron chi connectivity index (χ4n) is 4.87. The third kappa shape index (κ3) is 2.88. The molecule has 4 rings (SSSR count). The maximum atomic E-state index is 6.52. The van der Waals surface area contributed by atoms with Crippen molar-refractivity contribution in [2.75, 3.05) is 19.6 Å². The topological polar surface area (TPSA) is 12.5 Å². The van der Waals surface area contributed by atoms with Crippen LogP contribution in [0, 0.1) is 5.92 Å². The van der Waals surface area contributed by atoms with Crippen molar-refractivity contribution in [2.24, 2.45) is 5.92 Å². The van der Waals surface area contributed by atoms with Crippen LogP contribution in [0.5, 0.6) is 0 Å². The van der Waals surface area contributed by atoms with Crippen molar-refractivity contribution >= 4 is 11.3 Å². The van der Waals surface area contributed by atoms with Gasteiger partial charge in [0.15, 0.2) is 0 Å². The lowest BCUT2D eigenvalue weighted by Crippen LogP contribution is -2.48. The van der Waals surface area contributed by atoms with Gasteiger partial charge in [0.1, 0.15) is 0 Å². The summed E-state index contributed by atoms with van der Waals surface area (Å²) in [7, 11) is 0. The van der Waals surface area contributed by atoms with E-state index in [2.05, 4.69) is 23.3 Å². The molecule has 2 aliphatic heterocycles. The fraction of sp³-hybridized carbons (Fsp3) is 0.789.